The van der Waals surface area contributed by atoms with Crippen molar-refractivity contribution >= 4 is 11.3 Å². The highest BCUT2D eigenvalue weighted by Gasteiger charge is 2.25. The lowest BCUT2D eigenvalue weighted by Crippen LogP contribution is -2.50. The molecule has 0 saturated carbocycles. The van der Waals surface area contributed by atoms with Gasteiger partial charge in [0, 0.05) is 36.5 Å². The second kappa shape index (κ2) is 6.87. The fraction of sp³-hybridized carbons (Fsp3) is 0.316. The van der Waals surface area contributed by atoms with E-state index in [1.807, 2.05) is 23.1 Å². The Balaban J connectivity index is 1.72. The molecule has 27 heavy (non-hydrogen) atoms. The largest absolute Gasteiger partial charge is 0.495 e. The first-order chi connectivity index (χ1) is 13.1. The standard InChI is InChI=1S/C19H20N6O2/c1-27-14-6-15(19-13(7-20)9-23-25(19)10-14)12-2-3-18(22-8-12)24-5-4-16(21)17(26)11-24/h2-3,6,8-10,16-17,26H,4-5,11,21H2,1H3/t16-,17+/m0/s1. The van der Waals surface area contributed by atoms with E-state index in [1.165, 1.54) is 0 Å². The molecule has 1 fully saturated rings. The Morgan fingerprint density at radius 2 is 2.22 bits per heavy atom. The fourth-order valence-corrected chi connectivity index (χ4v) is 3.40. The van der Waals surface area contributed by atoms with Crippen LogP contribution in [0.1, 0.15) is 12.0 Å². The van der Waals surface area contributed by atoms with Crippen molar-refractivity contribution in [2.45, 2.75) is 18.6 Å². The van der Waals surface area contributed by atoms with Gasteiger partial charge in [0.15, 0.2) is 0 Å². The van der Waals surface area contributed by atoms with Crippen LogP contribution in [0.4, 0.5) is 5.82 Å². The molecule has 138 valence electrons. The number of methoxy groups -OCH3 is 1. The molecule has 2 atom stereocenters. The summed E-state index contributed by atoms with van der Waals surface area (Å²) in [6.07, 6.45) is 5.21. The summed E-state index contributed by atoms with van der Waals surface area (Å²) in [6, 6.07) is 7.73. The van der Waals surface area contributed by atoms with E-state index in [9.17, 15) is 10.4 Å². The minimum absolute atomic E-state index is 0.183. The van der Waals surface area contributed by atoms with E-state index >= 15 is 0 Å². The molecule has 0 aliphatic carbocycles. The van der Waals surface area contributed by atoms with E-state index in [4.69, 9.17) is 10.5 Å². The summed E-state index contributed by atoms with van der Waals surface area (Å²) in [4.78, 5) is 6.59. The third kappa shape index (κ3) is 3.07. The van der Waals surface area contributed by atoms with Gasteiger partial charge in [-0.05, 0) is 24.6 Å². The second-order valence-corrected chi connectivity index (χ2v) is 6.63. The highest BCUT2D eigenvalue weighted by Crippen LogP contribution is 2.31. The van der Waals surface area contributed by atoms with Crippen LogP contribution in [-0.4, -0.2) is 52.0 Å². The summed E-state index contributed by atoms with van der Waals surface area (Å²) in [7, 11) is 1.59. The number of aromatic nitrogens is 3. The van der Waals surface area contributed by atoms with Crippen LogP contribution in [0.3, 0.4) is 0 Å². The molecule has 0 amide bonds. The van der Waals surface area contributed by atoms with Crippen LogP contribution in [-0.2, 0) is 0 Å². The minimum atomic E-state index is -0.553. The molecular weight excluding hydrogens is 344 g/mol. The molecule has 3 aromatic rings. The highest BCUT2D eigenvalue weighted by atomic mass is 16.5. The van der Waals surface area contributed by atoms with Crippen molar-refractivity contribution in [3.8, 4) is 22.9 Å². The van der Waals surface area contributed by atoms with Crippen LogP contribution in [0.2, 0.25) is 0 Å². The Labute approximate surface area is 156 Å². The van der Waals surface area contributed by atoms with Gasteiger partial charge in [0.05, 0.1) is 36.7 Å². The van der Waals surface area contributed by atoms with Crippen molar-refractivity contribution in [3.05, 3.63) is 42.4 Å². The smallest absolute Gasteiger partial charge is 0.137 e. The van der Waals surface area contributed by atoms with Crippen LogP contribution < -0.4 is 15.4 Å². The fourth-order valence-electron chi connectivity index (χ4n) is 3.40. The van der Waals surface area contributed by atoms with Crippen LogP contribution in [0.25, 0.3) is 16.6 Å². The van der Waals surface area contributed by atoms with Crippen LogP contribution in [0, 0.1) is 11.3 Å². The SMILES string of the molecule is COc1cc(-c2ccc(N3CC[C@H](N)[C@H](O)C3)nc2)c2c(C#N)cnn2c1. The predicted octanol–water partition coefficient (Wildman–Crippen LogP) is 1.17. The topological polar surface area (TPSA) is 113 Å². The van der Waals surface area contributed by atoms with Crippen LogP contribution >= 0.6 is 0 Å². The average molecular weight is 364 g/mol. The zero-order valence-corrected chi connectivity index (χ0v) is 14.9. The van der Waals surface area contributed by atoms with Crippen molar-refractivity contribution in [3.63, 3.8) is 0 Å². The van der Waals surface area contributed by atoms with E-state index in [-0.39, 0.29) is 6.04 Å². The predicted molar refractivity (Wildman–Crippen MR) is 101 cm³/mol. The maximum atomic E-state index is 10.0. The number of β-amino-alcohol motifs (C(OH)–C–C–N with tert-alkyl or cyclic N) is 1. The number of nitrogens with zero attached hydrogens (tertiary/aromatic N) is 5. The maximum Gasteiger partial charge on any atom is 0.137 e. The van der Waals surface area contributed by atoms with Crippen molar-refractivity contribution in [1.82, 2.24) is 14.6 Å². The van der Waals surface area contributed by atoms with E-state index in [0.29, 0.717) is 23.4 Å². The zero-order valence-electron chi connectivity index (χ0n) is 14.9. The van der Waals surface area contributed by atoms with Gasteiger partial charge in [0.2, 0.25) is 0 Å². The van der Waals surface area contributed by atoms with Gasteiger partial charge in [-0.3, -0.25) is 0 Å². The van der Waals surface area contributed by atoms with E-state index < -0.39 is 6.10 Å². The number of nitriles is 1. The number of rotatable bonds is 3. The number of nitrogens with two attached hydrogens (primary N) is 1. The Kier molecular flexibility index (Phi) is 4.39. The number of piperidine rings is 1. The lowest BCUT2D eigenvalue weighted by molar-refractivity contribution is 0.131. The molecule has 1 aliphatic heterocycles. The third-order valence-corrected chi connectivity index (χ3v) is 4.96. The maximum absolute atomic E-state index is 10.0. The quantitative estimate of drug-likeness (QED) is 0.717. The molecule has 4 rings (SSSR count). The Hall–Kier alpha value is -3.15. The van der Waals surface area contributed by atoms with Gasteiger partial charge < -0.3 is 20.5 Å². The number of aliphatic hydroxyl groups is 1. The van der Waals surface area contributed by atoms with Crippen LogP contribution in [0.15, 0.2) is 36.8 Å². The van der Waals surface area contributed by atoms with E-state index in [2.05, 4.69) is 16.2 Å². The first kappa shape index (κ1) is 17.3. The van der Waals surface area contributed by atoms with Crippen molar-refractivity contribution in [2.75, 3.05) is 25.1 Å². The molecule has 0 bridgehead atoms. The molecule has 0 spiro atoms. The Morgan fingerprint density at radius 3 is 2.89 bits per heavy atom. The molecule has 0 radical (unpaired) electrons. The summed E-state index contributed by atoms with van der Waals surface area (Å²) in [5, 5.41) is 23.6. The van der Waals surface area contributed by atoms with Gasteiger partial charge in [0.1, 0.15) is 17.6 Å². The number of aliphatic hydroxyl groups excluding tert-OH is 1. The summed E-state index contributed by atoms with van der Waals surface area (Å²) in [5.74, 6) is 1.43. The summed E-state index contributed by atoms with van der Waals surface area (Å²) in [6.45, 7) is 1.23. The van der Waals surface area contributed by atoms with Crippen LogP contribution in [0.5, 0.6) is 5.75 Å². The number of fused-ring (bicyclic) bond motifs is 1. The monoisotopic (exact) mass is 364 g/mol. The molecule has 8 nitrogen and oxygen atoms in total. The highest BCUT2D eigenvalue weighted by molar-refractivity contribution is 5.85. The normalized spacial score (nSPS) is 19.9. The van der Waals surface area contributed by atoms with Gasteiger partial charge in [0.25, 0.3) is 0 Å². The van der Waals surface area contributed by atoms with Crippen molar-refractivity contribution in [2.24, 2.45) is 5.73 Å². The average Bonchev–Trinajstić information content (AvgIpc) is 3.12. The summed E-state index contributed by atoms with van der Waals surface area (Å²) in [5.41, 5.74) is 8.76. The van der Waals surface area contributed by atoms with E-state index in [0.717, 1.165) is 29.9 Å². The number of pyridine rings is 2. The molecule has 0 aromatic carbocycles. The number of ether oxygens (including phenoxy) is 1. The molecule has 8 heteroatoms. The summed E-state index contributed by atoms with van der Waals surface area (Å²) >= 11 is 0. The van der Waals surface area contributed by atoms with E-state index in [1.54, 1.807) is 30.2 Å². The van der Waals surface area contributed by atoms with Crippen molar-refractivity contribution in [1.29, 1.82) is 5.26 Å². The number of hydrogen-bond acceptors (Lipinski definition) is 7. The van der Waals surface area contributed by atoms with Gasteiger partial charge in [-0.15, -0.1) is 0 Å². The summed E-state index contributed by atoms with van der Waals surface area (Å²) < 4.78 is 7.00. The van der Waals surface area contributed by atoms with Gasteiger partial charge >= 0.3 is 0 Å². The molecule has 3 N–H and O–H groups in total. The minimum Gasteiger partial charge on any atom is -0.495 e. The molecule has 1 aliphatic rings. The van der Waals surface area contributed by atoms with Crippen molar-refractivity contribution < 1.29 is 9.84 Å². The van der Waals surface area contributed by atoms with Gasteiger partial charge in [-0.1, -0.05) is 0 Å². The third-order valence-electron chi connectivity index (χ3n) is 4.96. The lowest BCUT2D eigenvalue weighted by atomic mass is 10.0. The molecular formula is C19H20N6O2. The molecule has 0 unspecified atom stereocenters. The Bertz CT molecular complexity index is 1010. The Morgan fingerprint density at radius 1 is 1.37 bits per heavy atom. The zero-order chi connectivity index (χ0) is 19.0. The van der Waals surface area contributed by atoms with Gasteiger partial charge in [-0.2, -0.15) is 10.4 Å². The first-order valence-corrected chi connectivity index (χ1v) is 8.71. The first-order valence-electron chi connectivity index (χ1n) is 8.71. The lowest BCUT2D eigenvalue weighted by Gasteiger charge is -2.34. The molecule has 4 heterocycles. The second-order valence-electron chi connectivity index (χ2n) is 6.63. The van der Waals surface area contributed by atoms with Gasteiger partial charge in [-0.25, -0.2) is 9.50 Å². The number of hydrogen-bond donors (Lipinski definition) is 2. The number of anilines is 1. The molecule has 3 aromatic heterocycles. The molecule has 1 saturated heterocycles.